The van der Waals surface area contributed by atoms with Crippen molar-refractivity contribution in [1.29, 1.82) is 0 Å². The van der Waals surface area contributed by atoms with Gasteiger partial charge in [0.1, 0.15) is 0 Å². The Morgan fingerprint density at radius 1 is 1.36 bits per heavy atom. The Morgan fingerprint density at radius 3 is 2.64 bits per heavy atom. The Bertz CT molecular complexity index is 142. The molecule has 2 aliphatic rings. The molecule has 1 saturated carbocycles. The van der Waals surface area contributed by atoms with Crippen LogP contribution >= 0.6 is 0 Å². The minimum atomic E-state index is 0.446. The van der Waals surface area contributed by atoms with Crippen LogP contribution < -0.4 is 11.1 Å². The van der Waals surface area contributed by atoms with Crippen LogP contribution in [0.1, 0.15) is 26.2 Å². The van der Waals surface area contributed by atoms with Gasteiger partial charge in [-0.15, -0.1) is 0 Å². The predicted octanol–water partition coefficient (Wildman–Crippen LogP) is 0.722. The molecule has 2 heteroatoms. The van der Waals surface area contributed by atoms with Crippen molar-refractivity contribution in [3.05, 3.63) is 0 Å². The fourth-order valence-electron chi connectivity index (χ4n) is 1.96. The first-order chi connectivity index (χ1) is 5.27. The van der Waals surface area contributed by atoms with Crippen molar-refractivity contribution in [1.82, 2.24) is 5.32 Å². The number of nitrogens with two attached hydrogens (primary N) is 1. The van der Waals surface area contributed by atoms with Gasteiger partial charge in [-0.1, -0.05) is 6.92 Å². The first-order valence-electron chi connectivity index (χ1n) is 4.76. The molecule has 11 heavy (non-hydrogen) atoms. The third kappa shape index (κ3) is 1.57. The van der Waals surface area contributed by atoms with Crippen molar-refractivity contribution in [2.24, 2.45) is 17.6 Å². The summed E-state index contributed by atoms with van der Waals surface area (Å²) in [7, 11) is 0. The van der Waals surface area contributed by atoms with Crippen LogP contribution in [0.4, 0.5) is 0 Å². The van der Waals surface area contributed by atoms with Gasteiger partial charge in [0.15, 0.2) is 0 Å². The van der Waals surface area contributed by atoms with Gasteiger partial charge in [-0.05, 0) is 37.6 Å². The second-order valence-corrected chi connectivity index (χ2v) is 4.23. The molecule has 3 N–H and O–H groups in total. The van der Waals surface area contributed by atoms with Crippen LogP contribution in [0, 0.1) is 11.8 Å². The molecular weight excluding hydrogens is 136 g/mol. The summed E-state index contributed by atoms with van der Waals surface area (Å²) in [6.45, 7) is 3.36. The molecule has 2 nitrogen and oxygen atoms in total. The van der Waals surface area contributed by atoms with Crippen molar-refractivity contribution in [3.8, 4) is 0 Å². The van der Waals surface area contributed by atoms with Crippen LogP contribution in [0.2, 0.25) is 0 Å². The summed E-state index contributed by atoms with van der Waals surface area (Å²) in [6.07, 6.45) is 4.06. The zero-order valence-corrected chi connectivity index (χ0v) is 7.22. The molecule has 64 valence electrons. The molecule has 0 aromatic carbocycles. The third-order valence-corrected chi connectivity index (χ3v) is 3.15. The number of hydrogen-bond donors (Lipinski definition) is 2. The van der Waals surface area contributed by atoms with Crippen molar-refractivity contribution >= 4 is 0 Å². The van der Waals surface area contributed by atoms with E-state index in [1.54, 1.807) is 0 Å². The molecule has 2 rings (SSSR count). The number of nitrogens with one attached hydrogen (secondary N) is 1. The van der Waals surface area contributed by atoms with Gasteiger partial charge in [0.25, 0.3) is 0 Å². The Kier molecular flexibility index (Phi) is 1.90. The largest absolute Gasteiger partial charge is 0.327 e. The van der Waals surface area contributed by atoms with Crippen LogP contribution in [0.15, 0.2) is 0 Å². The monoisotopic (exact) mass is 154 g/mol. The Morgan fingerprint density at radius 2 is 2.09 bits per heavy atom. The SMILES string of the molecule is CC1CNC(C2CC2)CC1N. The van der Waals surface area contributed by atoms with E-state index in [-0.39, 0.29) is 0 Å². The maximum Gasteiger partial charge on any atom is 0.0110 e. The highest BCUT2D eigenvalue weighted by atomic mass is 15.0. The fraction of sp³-hybridized carbons (Fsp3) is 1.00. The average Bonchev–Trinajstić information content (AvgIpc) is 2.77. The van der Waals surface area contributed by atoms with Crippen LogP contribution in [0.5, 0.6) is 0 Å². The molecule has 0 radical (unpaired) electrons. The molecule has 1 heterocycles. The van der Waals surface area contributed by atoms with Crippen LogP contribution in [-0.2, 0) is 0 Å². The van der Waals surface area contributed by atoms with E-state index in [0.29, 0.717) is 12.0 Å². The van der Waals surface area contributed by atoms with E-state index >= 15 is 0 Å². The molecule has 1 saturated heterocycles. The quantitative estimate of drug-likeness (QED) is 0.584. The summed E-state index contributed by atoms with van der Waals surface area (Å²) < 4.78 is 0. The van der Waals surface area contributed by atoms with Crippen LogP contribution in [-0.4, -0.2) is 18.6 Å². The predicted molar refractivity (Wildman–Crippen MR) is 46.3 cm³/mol. The van der Waals surface area contributed by atoms with Gasteiger partial charge in [0.2, 0.25) is 0 Å². The van der Waals surface area contributed by atoms with E-state index in [0.717, 1.165) is 18.5 Å². The Balaban J connectivity index is 1.86. The molecule has 0 aromatic rings. The fourth-order valence-corrected chi connectivity index (χ4v) is 1.96. The van der Waals surface area contributed by atoms with Crippen molar-refractivity contribution in [2.75, 3.05) is 6.54 Å². The van der Waals surface area contributed by atoms with E-state index in [9.17, 15) is 0 Å². The first kappa shape index (κ1) is 7.56. The lowest BCUT2D eigenvalue weighted by atomic mass is 9.89. The minimum Gasteiger partial charge on any atom is -0.327 e. The Labute approximate surface area is 68.5 Å². The maximum absolute atomic E-state index is 5.99. The number of rotatable bonds is 1. The zero-order valence-electron chi connectivity index (χ0n) is 7.22. The van der Waals surface area contributed by atoms with E-state index in [2.05, 4.69) is 12.2 Å². The minimum absolute atomic E-state index is 0.446. The molecule has 0 spiro atoms. The topological polar surface area (TPSA) is 38.0 Å². The normalized spacial score (nSPS) is 45.8. The summed E-state index contributed by atoms with van der Waals surface area (Å²) in [5.74, 6) is 1.64. The van der Waals surface area contributed by atoms with Gasteiger partial charge < -0.3 is 11.1 Å². The second-order valence-electron chi connectivity index (χ2n) is 4.23. The van der Waals surface area contributed by atoms with E-state index in [1.165, 1.54) is 19.3 Å². The summed E-state index contributed by atoms with van der Waals surface area (Å²) in [5.41, 5.74) is 5.99. The molecule has 0 aromatic heterocycles. The lowest BCUT2D eigenvalue weighted by Gasteiger charge is -2.33. The van der Waals surface area contributed by atoms with Gasteiger partial charge in [0.05, 0.1) is 0 Å². The van der Waals surface area contributed by atoms with E-state index in [1.807, 2.05) is 0 Å². The standard InChI is InChI=1S/C9H18N2/c1-6-5-11-9(4-8(6)10)7-2-3-7/h6-9,11H,2-5,10H2,1H3. The molecular formula is C9H18N2. The van der Waals surface area contributed by atoms with Crippen molar-refractivity contribution in [3.63, 3.8) is 0 Å². The molecule has 1 aliphatic heterocycles. The highest BCUT2D eigenvalue weighted by molar-refractivity contribution is 4.93. The summed E-state index contributed by atoms with van der Waals surface area (Å²) >= 11 is 0. The number of piperidine rings is 1. The highest BCUT2D eigenvalue weighted by Gasteiger charge is 2.35. The van der Waals surface area contributed by atoms with Gasteiger partial charge in [-0.25, -0.2) is 0 Å². The molecule has 3 unspecified atom stereocenters. The zero-order chi connectivity index (χ0) is 7.84. The summed E-state index contributed by atoms with van der Waals surface area (Å²) in [4.78, 5) is 0. The van der Waals surface area contributed by atoms with Crippen LogP contribution in [0.25, 0.3) is 0 Å². The molecule has 2 fully saturated rings. The lowest BCUT2D eigenvalue weighted by Crippen LogP contribution is -2.49. The highest BCUT2D eigenvalue weighted by Crippen LogP contribution is 2.36. The molecule has 1 aliphatic carbocycles. The summed E-state index contributed by atoms with van der Waals surface area (Å²) in [6, 6.07) is 1.20. The molecule has 3 atom stereocenters. The van der Waals surface area contributed by atoms with Crippen molar-refractivity contribution in [2.45, 2.75) is 38.3 Å². The van der Waals surface area contributed by atoms with Gasteiger partial charge >= 0.3 is 0 Å². The van der Waals surface area contributed by atoms with E-state index < -0.39 is 0 Å². The maximum atomic E-state index is 5.99. The van der Waals surface area contributed by atoms with Gasteiger partial charge in [-0.3, -0.25) is 0 Å². The van der Waals surface area contributed by atoms with Crippen molar-refractivity contribution < 1.29 is 0 Å². The summed E-state index contributed by atoms with van der Waals surface area (Å²) in [5, 5.41) is 3.58. The van der Waals surface area contributed by atoms with Gasteiger partial charge in [-0.2, -0.15) is 0 Å². The molecule has 0 bridgehead atoms. The third-order valence-electron chi connectivity index (χ3n) is 3.15. The Hall–Kier alpha value is -0.0800. The van der Waals surface area contributed by atoms with Crippen LogP contribution in [0.3, 0.4) is 0 Å². The van der Waals surface area contributed by atoms with E-state index in [4.69, 9.17) is 5.73 Å². The first-order valence-corrected chi connectivity index (χ1v) is 4.76. The second kappa shape index (κ2) is 2.76. The average molecular weight is 154 g/mol. The lowest BCUT2D eigenvalue weighted by molar-refractivity contribution is 0.268. The van der Waals surface area contributed by atoms with Gasteiger partial charge in [0, 0.05) is 12.1 Å². The number of hydrogen-bond acceptors (Lipinski definition) is 2. The smallest absolute Gasteiger partial charge is 0.0110 e. The molecule has 0 amide bonds.